The molecule has 5 nitrogen and oxygen atoms in total. The predicted octanol–water partition coefficient (Wildman–Crippen LogP) is 5.65. The fourth-order valence-corrected chi connectivity index (χ4v) is 4.03. The summed E-state index contributed by atoms with van der Waals surface area (Å²) < 4.78 is 24.4. The molecule has 1 heterocycles. The number of ether oxygens (including phenoxy) is 2. The number of halogens is 1. The first kappa shape index (κ1) is 21.6. The summed E-state index contributed by atoms with van der Waals surface area (Å²) in [6.07, 6.45) is 1.65. The van der Waals surface area contributed by atoms with Crippen LogP contribution in [0.15, 0.2) is 77.7 Å². The number of nitrogens with zero attached hydrogens (tertiary/aromatic N) is 1. The standard InChI is InChI=1S/C25H20FNO4S/c1-30-22-13-19(9-12-21(22)31-16-18-5-3-2-4-6-18)14-23-24(28)27(25(29)32-23)15-17-7-10-20(26)11-8-17/h2-14H,15-16H2,1H3/b23-14+. The Labute approximate surface area is 189 Å². The Kier molecular flexibility index (Phi) is 6.56. The molecule has 162 valence electrons. The summed E-state index contributed by atoms with van der Waals surface area (Å²) in [5, 5.41) is -0.361. The van der Waals surface area contributed by atoms with Crippen molar-refractivity contribution in [3.8, 4) is 11.5 Å². The Bertz CT molecular complexity index is 1160. The lowest BCUT2D eigenvalue weighted by molar-refractivity contribution is -0.123. The van der Waals surface area contributed by atoms with Crippen molar-refractivity contribution in [2.75, 3.05) is 7.11 Å². The number of amides is 2. The van der Waals surface area contributed by atoms with Crippen LogP contribution in [0.4, 0.5) is 9.18 Å². The van der Waals surface area contributed by atoms with Gasteiger partial charge in [-0.25, -0.2) is 4.39 Å². The van der Waals surface area contributed by atoms with E-state index in [9.17, 15) is 14.0 Å². The number of benzene rings is 3. The van der Waals surface area contributed by atoms with Crippen LogP contribution in [0.2, 0.25) is 0 Å². The molecule has 3 aromatic carbocycles. The van der Waals surface area contributed by atoms with Crippen LogP contribution in [0.3, 0.4) is 0 Å². The zero-order valence-corrected chi connectivity index (χ0v) is 18.1. The van der Waals surface area contributed by atoms with E-state index in [0.717, 1.165) is 22.2 Å². The highest BCUT2D eigenvalue weighted by atomic mass is 32.2. The molecule has 32 heavy (non-hydrogen) atoms. The van der Waals surface area contributed by atoms with E-state index >= 15 is 0 Å². The first-order valence-electron chi connectivity index (χ1n) is 9.88. The molecule has 1 aliphatic heterocycles. The first-order valence-corrected chi connectivity index (χ1v) is 10.7. The van der Waals surface area contributed by atoms with Crippen LogP contribution < -0.4 is 9.47 Å². The van der Waals surface area contributed by atoms with E-state index < -0.39 is 0 Å². The maximum Gasteiger partial charge on any atom is 0.293 e. The molecule has 4 rings (SSSR count). The van der Waals surface area contributed by atoms with Gasteiger partial charge in [0.25, 0.3) is 11.1 Å². The van der Waals surface area contributed by atoms with E-state index in [1.807, 2.05) is 30.3 Å². The molecular weight excluding hydrogens is 429 g/mol. The van der Waals surface area contributed by atoms with E-state index in [2.05, 4.69) is 0 Å². The molecule has 2 amide bonds. The number of rotatable bonds is 7. The summed E-state index contributed by atoms with van der Waals surface area (Å²) in [4.78, 5) is 26.6. The van der Waals surface area contributed by atoms with E-state index in [-0.39, 0.29) is 23.5 Å². The molecule has 1 saturated heterocycles. The van der Waals surface area contributed by atoms with Gasteiger partial charge in [-0.15, -0.1) is 0 Å². The Balaban J connectivity index is 1.48. The average molecular weight is 450 g/mol. The topological polar surface area (TPSA) is 55.8 Å². The van der Waals surface area contributed by atoms with Gasteiger partial charge in [-0.2, -0.15) is 0 Å². The van der Waals surface area contributed by atoms with Crippen LogP contribution >= 0.6 is 11.8 Å². The number of imide groups is 1. The molecule has 0 spiro atoms. The zero-order chi connectivity index (χ0) is 22.5. The number of carbonyl (C=O) groups excluding carboxylic acids is 2. The van der Waals surface area contributed by atoms with E-state index in [4.69, 9.17) is 9.47 Å². The summed E-state index contributed by atoms with van der Waals surface area (Å²) in [6.45, 7) is 0.497. The highest BCUT2D eigenvalue weighted by molar-refractivity contribution is 8.18. The molecule has 0 saturated carbocycles. The summed E-state index contributed by atoms with van der Waals surface area (Å²) >= 11 is 0.877. The second-order valence-corrected chi connectivity index (χ2v) is 8.07. The highest BCUT2D eigenvalue weighted by Crippen LogP contribution is 2.35. The fourth-order valence-electron chi connectivity index (χ4n) is 3.19. The molecule has 1 aliphatic rings. The smallest absolute Gasteiger partial charge is 0.293 e. The molecule has 0 aliphatic carbocycles. The third-order valence-corrected chi connectivity index (χ3v) is 5.76. The van der Waals surface area contributed by atoms with Gasteiger partial charge in [-0.05, 0) is 58.8 Å². The second-order valence-electron chi connectivity index (χ2n) is 7.08. The number of thioether (sulfide) groups is 1. The Hall–Kier alpha value is -3.58. The minimum atomic E-state index is -0.382. The van der Waals surface area contributed by atoms with Gasteiger partial charge >= 0.3 is 0 Å². The van der Waals surface area contributed by atoms with Crippen molar-refractivity contribution >= 4 is 29.0 Å². The highest BCUT2D eigenvalue weighted by Gasteiger charge is 2.35. The Morgan fingerprint density at radius 3 is 2.41 bits per heavy atom. The monoisotopic (exact) mass is 449 g/mol. The minimum Gasteiger partial charge on any atom is -0.493 e. The van der Waals surface area contributed by atoms with Gasteiger partial charge in [0, 0.05) is 0 Å². The van der Waals surface area contributed by atoms with Gasteiger partial charge in [-0.1, -0.05) is 48.5 Å². The largest absolute Gasteiger partial charge is 0.493 e. The quantitative estimate of drug-likeness (QED) is 0.436. The van der Waals surface area contributed by atoms with Crippen LogP contribution in [0.5, 0.6) is 11.5 Å². The molecule has 0 atom stereocenters. The molecule has 0 radical (unpaired) electrons. The lowest BCUT2D eigenvalue weighted by Crippen LogP contribution is -2.27. The van der Waals surface area contributed by atoms with E-state index in [1.54, 1.807) is 43.5 Å². The number of methoxy groups -OCH3 is 1. The maximum absolute atomic E-state index is 13.1. The molecule has 0 unspecified atom stereocenters. The van der Waals surface area contributed by atoms with Crippen molar-refractivity contribution in [1.29, 1.82) is 0 Å². The number of hydrogen-bond acceptors (Lipinski definition) is 5. The zero-order valence-electron chi connectivity index (χ0n) is 17.3. The number of carbonyl (C=O) groups is 2. The molecular formula is C25H20FNO4S. The van der Waals surface area contributed by atoms with Gasteiger partial charge in [-0.3, -0.25) is 14.5 Å². The molecule has 7 heteroatoms. The van der Waals surface area contributed by atoms with Gasteiger partial charge in [0.05, 0.1) is 18.6 Å². The summed E-state index contributed by atoms with van der Waals surface area (Å²) in [5.41, 5.74) is 2.42. The predicted molar refractivity (Wildman–Crippen MR) is 122 cm³/mol. The third kappa shape index (κ3) is 5.00. The van der Waals surface area contributed by atoms with E-state index in [1.165, 1.54) is 12.1 Å². The van der Waals surface area contributed by atoms with Crippen molar-refractivity contribution in [2.45, 2.75) is 13.2 Å². The second kappa shape index (κ2) is 9.70. The lowest BCUT2D eigenvalue weighted by Gasteiger charge is -2.12. The van der Waals surface area contributed by atoms with Crippen LogP contribution in [0.1, 0.15) is 16.7 Å². The van der Waals surface area contributed by atoms with Gasteiger partial charge in [0.2, 0.25) is 0 Å². The van der Waals surface area contributed by atoms with Crippen molar-refractivity contribution < 1.29 is 23.5 Å². The van der Waals surface area contributed by atoms with Gasteiger partial charge < -0.3 is 9.47 Å². The summed E-state index contributed by atoms with van der Waals surface area (Å²) in [5.74, 6) is 0.360. The molecule has 3 aromatic rings. The summed E-state index contributed by atoms with van der Waals surface area (Å²) in [6, 6.07) is 20.8. The summed E-state index contributed by atoms with van der Waals surface area (Å²) in [7, 11) is 1.55. The third-order valence-electron chi connectivity index (χ3n) is 4.85. The first-order chi connectivity index (χ1) is 15.5. The van der Waals surface area contributed by atoms with Crippen molar-refractivity contribution in [3.05, 3.63) is 100 Å². The van der Waals surface area contributed by atoms with Crippen LogP contribution in [-0.4, -0.2) is 23.2 Å². The average Bonchev–Trinajstić information content (AvgIpc) is 3.07. The SMILES string of the molecule is COc1cc(/C=C2/SC(=O)N(Cc3ccc(F)cc3)C2=O)ccc1OCc1ccccc1. The normalized spacial score (nSPS) is 14.8. The van der Waals surface area contributed by atoms with Crippen LogP contribution in [0, 0.1) is 5.82 Å². The molecule has 0 bridgehead atoms. The molecule has 1 fully saturated rings. The molecule has 0 N–H and O–H groups in total. The minimum absolute atomic E-state index is 0.0951. The molecule has 0 aromatic heterocycles. The van der Waals surface area contributed by atoms with Crippen LogP contribution in [0.25, 0.3) is 6.08 Å². The van der Waals surface area contributed by atoms with Crippen molar-refractivity contribution in [2.24, 2.45) is 0 Å². The Morgan fingerprint density at radius 1 is 0.938 bits per heavy atom. The Morgan fingerprint density at radius 2 is 1.69 bits per heavy atom. The van der Waals surface area contributed by atoms with Crippen molar-refractivity contribution in [3.63, 3.8) is 0 Å². The van der Waals surface area contributed by atoms with Crippen LogP contribution in [-0.2, 0) is 17.9 Å². The van der Waals surface area contributed by atoms with E-state index in [0.29, 0.717) is 34.1 Å². The number of hydrogen-bond donors (Lipinski definition) is 0. The van der Waals surface area contributed by atoms with Gasteiger partial charge in [0.1, 0.15) is 12.4 Å². The lowest BCUT2D eigenvalue weighted by atomic mass is 10.1. The maximum atomic E-state index is 13.1. The van der Waals surface area contributed by atoms with Crippen molar-refractivity contribution in [1.82, 2.24) is 4.90 Å². The fraction of sp³-hybridized carbons (Fsp3) is 0.120. The van der Waals surface area contributed by atoms with Gasteiger partial charge in [0.15, 0.2) is 11.5 Å².